The van der Waals surface area contributed by atoms with E-state index >= 15 is 0 Å². The predicted octanol–water partition coefficient (Wildman–Crippen LogP) is 1.80. The maximum atomic E-state index is 10.9. The van der Waals surface area contributed by atoms with Gasteiger partial charge in [0, 0.05) is 13.6 Å². The van der Waals surface area contributed by atoms with E-state index in [0.717, 1.165) is 5.56 Å². The number of rotatable bonds is 6. The van der Waals surface area contributed by atoms with E-state index in [1.807, 2.05) is 12.1 Å². The largest absolute Gasteiger partial charge is 0.481 e. The summed E-state index contributed by atoms with van der Waals surface area (Å²) in [6, 6.07) is 11.0. The van der Waals surface area contributed by atoms with Gasteiger partial charge in [-0.3, -0.25) is 4.79 Å². The zero-order chi connectivity index (χ0) is 17.4. The van der Waals surface area contributed by atoms with Crippen LogP contribution in [0.5, 0.6) is 0 Å². The maximum Gasteiger partial charge on any atom is 0.213 e. The first-order valence-electron chi connectivity index (χ1n) is 6.78. The number of nitriles is 2. The van der Waals surface area contributed by atoms with Gasteiger partial charge in [-0.15, -0.1) is 0 Å². The van der Waals surface area contributed by atoms with Crippen LogP contribution >= 0.6 is 0 Å². The van der Waals surface area contributed by atoms with Crippen LogP contribution in [-0.2, 0) is 16.1 Å². The normalized spacial score (nSPS) is 12.2. The van der Waals surface area contributed by atoms with Crippen LogP contribution in [0.3, 0.4) is 0 Å². The summed E-state index contributed by atoms with van der Waals surface area (Å²) in [5.74, 6) is 0.362. The van der Waals surface area contributed by atoms with Crippen LogP contribution in [0.15, 0.2) is 47.0 Å². The van der Waals surface area contributed by atoms with E-state index in [0.29, 0.717) is 29.9 Å². The molecule has 0 heterocycles. The van der Waals surface area contributed by atoms with Crippen molar-refractivity contribution >= 4 is 6.29 Å². The lowest BCUT2D eigenvalue weighted by Gasteiger charge is -2.23. The SMILES string of the molecule is CO/C(=C(N)/C(C)=C(/C#N)C=O)N(C)Cc1ccc(C#N)cc1. The summed E-state index contributed by atoms with van der Waals surface area (Å²) >= 11 is 0. The van der Waals surface area contributed by atoms with Gasteiger partial charge in [0.25, 0.3) is 0 Å². The molecule has 1 aromatic rings. The van der Waals surface area contributed by atoms with E-state index < -0.39 is 0 Å². The number of hydrogen-bond acceptors (Lipinski definition) is 6. The van der Waals surface area contributed by atoms with Gasteiger partial charge in [-0.25, -0.2) is 0 Å². The van der Waals surface area contributed by atoms with E-state index in [1.54, 1.807) is 37.1 Å². The smallest absolute Gasteiger partial charge is 0.213 e. The van der Waals surface area contributed by atoms with E-state index in [4.69, 9.17) is 21.0 Å². The summed E-state index contributed by atoms with van der Waals surface area (Å²) in [5.41, 5.74) is 8.13. The highest BCUT2D eigenvalue weighted by Crippen LogP contribution is 2.18. The molecule has 0 saturated heterocycles. The summed E-state index contributed by atoms with van der Waals surface area (Å²) in [7, 11) is 3.25. The third kappa shape index (κ3) is 4.36. The number of allylic oxidation sites excluding steroid dienone is 2. The van der Waals surface area contributed by atoms with E-state index in [1.165, 1.54) is 7.11 Å². The monoisotopic (exact) mass is 310 g/mol. The lowest BCUT2D eigenvalue weighted by molar-refractivity contribution is -0.104. The molecular formula is C17H18N4O2. The number of carbonyl (C=O) groups is 1. The molecular weight excluding hydrogens is 292 g/mol. The molecule has 0 amide bonds. The molecule has 6 heteroatoms. The second-order valence-corrected chi connectivity index (χ2v) is 4.86. The summed E-state index contributed by atoms with van der Waals surface area (Å²) in [4.78, 5) is 12.6. The fraction of sp³-hybridized carbons (Fsp3) is 0.235. The molecule has 1 rings (SSSR count). The van der Waals surface area contributed by atoms with E-state index in [9.17, 15) is 4.79 Å². The predicted molar refractivity (Wildman–Crippen MR) is 85.2 cm³/mol. The number of ether oxygens (including phenoxy) is 1. The molecule has 0 radical (unpaired) electrons. The highest BCUT2D eigenvalue weighted by molar-refractivity contribution is 5.81. The summed E-state index contributed by atoms with van der Waals surface area (Å²) < 4.78 is 5.32. The molecule has 1 aromatic carbocycles. The topological polar surface area (TPSA) is 103 Å². The molecule has 0 saturated carbocycles. The average molecular weight is 310 g/mol. The van der Waals surface area contributed by atoms with Crippen molar-refractivity contribution in [3.63, 3.8) is 0 Å². The lowest BCUT2D eigenvalue weighted by Crippen LogP contribution is -2.23. The van der Waals surface area contributed by atoms with Crippen LogP contribution in [0.4, 0.5) is 0 Å². The first-order valence-corrected chi connectivity index (χ1v) is 6.78. The molecule has 0 atom stereocenters. The average Bonchev–Trinajstić information content (AvgIpc) is 2.57. The Morgan fingerprint density at radius 1 is 1.35 bits per heavy atom. The fourth-order valence-electron chi connectivity index (χ4n) is 2.01. The zero-order valence-corrected chi connectivity index (χ0v) is 13.3. The Kier molecular flexibility index (Phi) is 6.39. The molecule has 0 aliphatic heterocycles. The van der Waals surface area contributed by atoms with Gasteiger partial charge in [0.15, 0.2) is 6.29 Å². The number of benzene rings is 1. The van der Waals surface area contributed by atoms with Crippen molar-refractivity contribution in [2.75, 3.05) is 14.2 Å². The Labute approximate surface area is 135 Å². The van der Waals surface area contributed by atoms with Gasteiger partial charge in [0.2, 0.25) is 5.88 Å². The van der Waals surface area contributed by atoms with Gasteiger partial charge in [0.05, 0.1) is 30.0 Å². The minimum absolute atomic E-state index is 0.0381. The number of nitrogens with zero attached hydrogens (tertiary/aromatic N) is 3. The molecule has 118 valence electrons. The van der Waals surface area contributed by atoms with Gasteiger partial charge < -0.3 is 15.4 Å². The highest BCUT2D eigenvalue weighted by Gasteiger charge is 2.14. The van der Waals surface area contributed by atoms with Crippen molar-refractivity contribution in [3.05, 3.63) is 58.1 Å². The molecule has 0 aromatic heterocycles. The van der Waals surface area contributed by atoms with Crippen LogP contribution in [-0.4, -0.2) is 25.3 Å². The lowest BCUT2D eigenvalue weighted by atomic mass is 10.1. The third-order valence-corrected chi connectivity index (χ3v) is 3.32. The van der Waals surface area contributed by atoms with Crippen molar-refractivity contribution < 1.29 is 9.53 Å². The highest BCUT2D eigenvalue weighted by atomic mass is 16.5. The molecule has 0 aliphatic carbocycles. The van der Waals surface area contributed by atoms with E-state index in [2.05, 4.69) is 6.07 Å². The quantitative estimate of drug-likeness (QED) is 0.282. The van der Waals surface area contributed by atoms with Gasteiger partial charge >= 0.3 is 0 Å². The van der Waals surface area contributed by atoms with Crippen LogP contribution in [0, 0.1) is 22.7 Å². The fourth-order valence-corrected chi connectivity index (χ4v) is 2.01. The van der Waals surface area contributed by atoms with Gasteiger partial charge in [-0.2, -0.15) is 10.5 Å². The Morgan fingerprint density at radius 3 is 2.39 bits per heavy atom. The minimum atomic E-state index is -0.0381. The molecule has 2 N–H and O–H groups in total. The maximum absolute atomic E-state index is 10.9. The first-order chi connectivity index (χ1) is 11.0. The molecule has 0 bridgehead atoms. The Bertz CT molecular complexity index is 718. The number of hydrogen-bond donors (Lipinski definition) is 1. The molecule has 0 aliphatic rings. The second kappa shape index (κ2) is 8.26. The van der Waals surface area contributed by atoms with Gasteiger partial charge in [-0.1, -0.05) is 12.1 Å². The third-order valence-electron chi connectivity index (χ3n) is 3.32. The molecule has 0 fully saturated rings. The Balaban J connectivity index is 3.10. The first kappa shape index (κ1) is 17.8. The minimum Gasteiger partial charge on any atom is -0.481 e. The number of aldehydes is 1. The number of nitrogens with two attached hydrogens (primary N) is 1. The van der Waals surface area contributed by atoms with Crippen molar-refractivity contribution in [2.45, 2.75) is 13.5 Å². The van der Waals surface area contributed by atoms with Crippen molar-refractivity contribution in [1.29, 1.82) is 10.5 Å². The van der Waals surface area contributed by atoms with Gasteiger partial charge in [0.1, 0.15) is 6.07 Å². The Hall–Kier alpha value is -3.25. The zero-order valence-electron chi connectivity index (χ0n) is 13.3. The number of methoxy groups -OCH3 is 1. The van der Waals surface area contributed by atoms with Crippen LogP contribution in [0.1, 0.15) is 18.1 Å². The van der Waals surface area contributed by atoms with E-state index in [-0.39, 0.29) is 11.3 Å². The van der Waals surface area contributed by atoms with Crippen LogP contribution in [0.25, 0.3) is 0 Å². The van der Waals surface area contributed by atoms with Crippen molar-refractivity contribution in [1.82, 2.24) is 4.90 Å². The van der Waals surface area contributed by atoms with Gasteiger partial charge in [-0.05, 0) is 30.2 Å². The summed E-state index contributed by atoms with van der Waals surface area (Å²) in [6.07, 6.45) is 0.468. The van der Waals surface area contributed by atoms with Crippen molar-refractivity contribution in [3.8, 4) is 12.1 Å². The molecule has 6 nitrogen and oxygen atoms in total. The molecule has 0 spiro atoms. The number of carbonyl (C=O) groups excluding carboxylic acids is 1. The molecule has 23 heavy (non-hydrogen) atoms. The van der Waals surface area contributed by atoms with Crippen LogP contribution < -0.4 is 5.73 Å². The summed E-state index contributed by atoms with van der Waals surface area (Å²) in [6.45, 7) is 2.09. The van der Waals surface area contributed by atoms with Crippen LogP contribution in [0.2, 0.25) is 0 Å². The molecule has 0 unspecified atom stereocenters. The Morgan fingerprint density at radius 2 is 1.96 bits per heavy atom. The standard InChI is InChI=1S/C17H18N4O2/c1-12(15(9-19)11-22)16(20)17(23-3)21(2)10-14-6-4-13(8-18)5-7-14/h4-7,11H,10,20H2,1-3H3/b15-12-,17-16-. The van der Waals surface area contributed by atoms with Crippen molar-refractivity contribution in [2.24, 2.45) is 5.73 Å². The summed E-state index contributed by atoms with van der Waals surface area (Å²) in [5, 5.41) is 17.7. The second-order valence-electron chi connectivity index (χ2n) is 4.86.